The van der Waals surface area contributed by atoms with Crippen LogP contribution in [0.4, 0.5) is 0 Å². The molecule has 0 heterocycles. The predicted octanol–water partition coefficient (Wildman–Crippen LogP) is 22.8. The van der Waals surface area contributed by atoms with Gasteiger partial charge >= 0.3 is 5.97 Å². The molecule has 6 nitrogen and oxygen atoms in total. The summed E-state index contributed by atoms with van der Waals surface area (Å²) in [4.78, 5) is 24.6. The van der Waals surface area contributed by atoms with Gasteiger partial charge < -0.3 is 20.3 Å². The number of unbranched alkanes of at least 4 members (excludes halogenated alkanes) is 54. The van der Waals surface area contributed by atoms with Gasteiger partial charge in [0, 0.05) is 12.8 Å². The number of carbonyl (C=O) groups excluding carboxylic acids is 2. The zero-order valence-corrected chi connectivity index (χ0v) is 52.5. The van der Waals surface area contributed by atoms with Crippen molar-refractivity contribution in [3.8, 4) is 0 Å². The maximum Gasteiger partial charge on any atom is 0.305 e. The van der Waals surface area contributed by atoms with Crippen LogP contribution in [0.2, 0.25) is 0 Å². The van der Waals surface area contributed by atoms with E-state index in [1.54, 1.807) is 0 Å². The molecule has 0 bridgehead atoms. The number of aliphatic hydroxyl groups excluding tert-OH is 2. The van der Waals surface area contributed by atoms with Gasteiger partial charge in [-0.1, -0.05) is 353 Å². The summed E-state index contributed by atoms with van der Waals surface area (Å²) in [6, 6.07) is -0.539. The number of ether oxygens (including phenoxy) is 1. The maximum absolute atomic E-state index is 12.5. The van der Waals surface area contributed by atoms with Crippen LogP contribution in [-0.2, 0) is 14.3 Å². The van der Waals surface area contributed by atoms with Crippen molar-refractivity contribution >= 4 is 11.9 Å². The van der Waals surface area contributed by atoms with E-state index in [0.717, 1.165) is 44.9 Å². The minimum Gasteiger partial charge on any atom is -0.466 e. The molecule has 0 aliphatic carbocycles. The molecule has 0 aliphatic rings. The SMILES string of the molecule is CCCCC/C=C\CCCCCCCC(=O)OCCCCCCCCCCCCCCCCCCCCCCCCCCCCCCCC(=O)NC(CO)C(O)CCCCCCCCCCCCCCCCCCCCC. The lowest BCUT2D eigenvalue weighted by Crippen LogP contribution is -2.45. The van der Waals surface area contributed by atoms with Gasteiger partial charge in [-0.3, -0.25) is 9.59 Å². The molecule has 2 atom stereocenters. The molecule has 3 N–H and O–H groups in total. The van der Waals surface area contributed by atoms with Crippen molar-refractivity contribution in [1.82, 2.24) is 5.32 Å². The number of amides is 1. The topological polar surface area (TPSA) is 95.9 Å². The van der Waals surface area contributed by atoms with E-state index in [-0.39, 0.29) is 18.5 Å². The average molecular weight is 1090 g/mol. The Labute approximate surface area is 482 Å². The first-order valence-electron chi connectivity index (χ1n) is 35.4. The first-order chi connectivity index (χ1) is 38.0. The van der Waals surface area contributed by atoms with Gasteiger partial charge in [0.25, 0.3) is 0 Å². The van der Waals surface area contributed by atoms with Gasteiger partial charge in [0.2, 0.25) is 5.91 Å². The van der Waals surface area contributed by atoms with Crippen LogP contribution in [-0.4, -0.2) is 47.4 Å². The molecule has 458 valence electrons. The normalized spacial score (nSPS) is 12.5. The largest absolute Gasteiger partial charge is 0.466 e. The van der Waals surface area contributed by atoms with Crippen molar-refractivity contribution in [1.29, 1.82) is 0 Å². The standard InChI is InChI=1S/C71H139NO5/c1-3-5-7-9-11-13-15-17-18-19-31-34-37-40-43-47-51-55-59-63-69(74)68(67-73)72-70(75)64-60-56-52-48-44-41-38-35-32-29-27-25-23-21-20-22-24-26-28-30-33-36-39-42-46-50-54-58-62-66-77-71(76)65-61-57-53-49-45-16-14-12-10-8-6-4-2/h12,14,68-69,73-74H,3-11,13,15-67H2,1-2H3,(H,72,75)/b14-12-. The molecule has 0 aliphatic heterocycles. The van der Waals surface area contributed by atoms with Crippen LogP contribution in [0, 0.1) is 0 Å². The van der Waals surface area contributed by atoms with Crippen molar-refractivity contribution < 1.29 is 24.5 Å². The molecule has 1 amide bonds. The summed E-state index contributed by atoms with van der Waals surface area (Å²) in [5, 5.41) is 23.4. The Morgan fingerprint density at radius 2 is 0.610 bits per heavy atom. The molecule has 0 radical (unpaired) electrons. The molecule has 0 rings (SSSR count). The van der Waals surface area contributed by atoms with Gasteiger partial charge in [-0.25, -0.2) is 0 Å². The lowest BCUT2D eigenvalue weighted by atomic mass is 10.0. The molecular formula is C71H139NO5. The van der Waals surface area contributed by atoms with Crippen LogP contribution in [0.3, 0.4) is 0 Å². The third kappa shape index (κ3) is 63.6. The van der Waals surface area contributed by atoms with Crippen molar-refractivity contribution in [2.75, 3.05) is 13.2 Å². The minimum absolute atomic E-state index is 0.0102. The van der Waals surface area contributed by atoms with Crippen LogP contribution >= 0.6 is 0 Å². The molecule has 0 saturated heterocycles. The highest BCUT2D eigenvalue weighted by molar-refractivity contribution is 5.76. The van der Waals surface area contributed by atoms with E-state index in [2.05, 4.69) is 31.3 Å². The number of rotatable bonds is 67. The van der Waals surface area contributed by atoms with Gasteiger partial charge in [-0.05, 0) is 51.4 Å². The van der Waals surface area contributed by atoms with Crippen LogP contribution in [0.15, 0.2) is 12.2 Å². The summed E-state index contributed by atoms with van der Waals surface area (Å²) in [5.41, 5.74) is 0. The van der Waals surface area contributed by atoms with Gasteiger partial charge in [0.1, 0.15) is 0 Å². The molecule has 0 aromatic heterocycles. The molecule has 0 aromatic carbocycles. The zero-order chi connectivity index (χ0) is 55.7. The van der Waals surface area contributed by atoms with E-state index < -0.39 is 12.1 Å². The van der Waals surface area contributed by atoms with E-state index >= 15 is 0 Å². The van der Waals surface area contributed by atoms with E-state index in [0.29, 0.717) is 25.9 Å². The summed E-state index contributed by atoms with van der Waals surface area (Å²) in [5.74, 6) is -0.0167. The second kappa shape index (κ2) is 67.1. The lowest BCUT2D eigenvalue weighted by molar-refractivity contribution is -0.143. The molecule has 2 unspecified atom stereocenters. The van der Waals surface area contributed by atoms with E-state index in [4.69, 9.17) is 4.74 Å². The van der Waals surface area contributed by atoms with Crippen LogP contribution in [0.5, 0.6) is 0 Å². The van der Waals surface area contributed by atoms with Gasteiger partial charge in [0.05, 0.1) is 25.4 Å². The monoisotopic (exact) mass is 1090 g/mol. The van der Waals surface area contributed by atoms with E-state index in [9.17, 15) is 19.8 Å². The number of esters is 1. The van der Waals surface area contributed by atoms with E-state index in [1.165, 1.54) is 327 Å². The number of hydrogen-bond acceptors (Lipinski definition) is 5. The van der Waals surface area contributed by atoms with Crippen LogP contribution in [0.1, 0.15) is 406 Å². The highest BCUT2D eigenvalue weighted by Gasteiger charge is 2.20. The second-order valence-electron chi connectivity index (χ2n) is 24.6. The number of nitrogens with one attached hydrogen (secondary N) is 1. The molecule has 77 heavy (non-hydrogen) atoms. The van der Waals surface area contributed by atoms with Crippen molar-refractivity contribution in [3.05, 3.63) is 12.2 Å². The lowest BCUT2D eigenvalue weighted by Gasteiger charge is -2.22. The number of carbonyl (C=O) groups is 2. The summed E-state index contributed by atoms with van der Waals surface area (Å²) in [6.45, 7) is 4.97. The fourth-order valence-electron chi connectivity index (χ4n) is 11.4. The molecular weight excluding hydrogens is 947 g/mol. The van der Waals surface area contributed by atoms with Crippen molar-refractivity contribution in [2.45, 2.75) is 418 Å². The zero-order valence-electron chi connectivity index (χ0n) is 52.5. The molecule has 6 heteroatoms. The minimum atomic E-state index is -0.662. The molecule has 0 saturated carbocycles. The average Bonchev–Trinajstić information content (AvgIpc) is 3.43. The molecule has 0 fully saturated rings. The first kappa shape index (κ1) is 75.6. The summed E-state index contributed by atoms with van der Waals surface area (Å²) < 4.78 is 5.48. The summed E-state index contributed by atoms with van der Waals surface area (Å²) in [7, 11) is 0. The van der Waals surface area contributed by atoms with Gasteiger partial charge in [0.15, 0.2) is 0 Å². The fourth-order valence-corrected chi connectivity index (χ4v) is 11.4. The third-order valence-electron chi connectivity index (χ3n) is 16.8. The highest BCUT2D eigenvalue weighted by atomic mass is 16.5. The molecule has 0 aromatic rings. The summed E-state index contributed by atoms with van der Waals surface area (Å²) in [6.07, 6.45) is 82.6. The molecule has 0 spiro atoms. The van der Waals surface area contributed by atoms with Crippen LogP contribution < -0.4 is 5.32 Å². The smallest absolute Gasteiger partial charge is 0.305 e. The Morgan fingerprint density at radius 3 is 0.948 bits per heavy atom. The van der Waals surface area contributed by atoms with Crippen molar-refractivity contribution in [3.63, 3.8) is 0 Å². The van der Waals surface area contributed by atoms with Crippen molar-refractivity contribution in [2.24, 2.45) is 0 Å². The van der Waals surface area contributed by atoms with Gasteiger partial charge in [-0.15, -0.1) is 0 Å². The highest BCUT2D eigenvalue weighted by Crippen LogP contribution is 2.19. The summed E-state index contributed by atoms with van der Waals surface area (Å²) >= 11 is 0. The Bertz CT molecular complexity index is 1160. The quantitative estimate of drug-likeness (QED) is 0.0320. The third-order valence-corrected chi connectivity index (χ3v) is 16.8. The maximum atomic E-state index is 12.5. The fraction of sp³-hybridized carbons (Fsp3) is 0.944. The number of allylic oxidation sites excluding steroid dienone is 2. The Kier molecular flexibility index (Phi) is 65.9. The van der Waals surface area contributed by atoms with Gasteiger partial charge in [-0.2, -0.15) is 0 Å². The number of hydrogen-bond donors (Lipinski definition) is 3. The second-order valence-corrected chi connectivity index (χ2v) is 24.6. The Balaban J connectivity index is 3.34. The number of aliphatic hydroxyl groups is 2. The predicted molar refractivity (Wildman–Crippen MR) is 338 cm³/mol. The Morgan fingerprint density at radius 1 is 0.351 bits per heavy atom. The van der Waals surface area contributed by atoms with E-state index in [1.807, 2.05) is 0 Å². The first-order valence-corrected chi connectivity index (χ1v) is 35.4. The Hall–Kier alpha value is -1.40. The van der Waals surface area contributed by atoms with Crippen LogP contribution in [0.25, 0.3) is 0 Å².